The first kappa shape index (κ1) is 11.3. The van der Waals surface area contributed by atoms with Gasteiger partial charge in [-0.15, -0.1) is 33.1 Å². The minimum Gasteiger partial charge on any atom is -0.378 e. The smallest absolute Gasteiger partial charge is 0.120 e. The summed E-state index contributed by atoms with van der Waals surface area (Å²) >= 11 is 7.32. The van der Waals surface area contributed by atoms with Gasteiger partial charge in [0.2, 0.25) is 0 Å². The summed E-state index contributed by atoms with van der Waals surface area (Å²) in [4.78, 5) is 0. The molecule has 1 aliphatic rings. The molecule has 0 amide bonds. The lowest BCUT2D eigenvalue weighted by molar-refractivity contribution is -0.0709. The lowest BCUT2D eigenvalue weighted by atomic mass is 9.78. The fourth-order valence-corrected chi connectivity index (χ4v) is 3.11. The Morgan fingerprint density at radius 1 is 1.40 bits per heavy atom. The highest BCUT2D eigenvalue weighted by Gasteiger charge is 2.38. The van der Waals surface area contributed by atoms with Crippen molar-refractivity contribution in [1.29, 1.82) is 0 Å². The Morgan fingerprint density at radius 3 is 2.67 bits per heavy atom. The third-order valence-electron chi connectivity index (χ3n) is 2.99. The van der Waals surface area contributed by atoms with E-state index >= 15 is 0 Å². The van der Waals surface area contributed by atoms with Gasteiger partial charge in [-0.25, -0.2) is 0 Å². The third-order valence-corrected chi connectivity index (χ3v) is 4.16. The Labute approximate surface area is 98.8 Å². The highest BCUT2D eigenvalue weighted by Crippen LogP contribution is 2.38. The SMILES string of the molecule is COC1(Cc2nnc(CCCl)s2)CCC1. The zero-order valence-electron chi connectivity index (χ0n) is 8.83. The lowest BCUT2D eigenvalue weighted by Gasteiger charge is -2.39. The van der Waals surface area contributed by atoms with E-state index in [0.29, 0.717) is 5.88 Å². The first-order valence-electron chi connectivity index (χ1n) is 5.20. The zero-order valence-corrected chi connectivity index (χ0v) is 10.4. The van der Waals surface area contributed by atoms with Crippen LogP contribution in [0.1, 0.15) is 29.3 Å². The highest BCUT2D eigenvalue weighted by molar-refractivity contribution is 7.11. The summed E-state index contributed by atoms with van der Waals surface area (Å²) < 4.78 is 5.56. The van der Waals surface area contributed by atoms with Crippen molar-refractivity contribution >= 4 is 22.9 Å². The predicted molar refractivity (Wildman–Crippen MR) is 61.6 cm³/mol. The molecule has 0 N–H and O–H groups in total. The van der Waals surface area contributed by atoms with E-state index in [1.54, 1.807) is 18.4 Å². The maximum absolute atomic E-state index is 5.66. The molecule has 84 valence electrons. The Hall–Kier alpha value is -0.190. The first-order chi connectivity index (χ1) is 7.28. The van der Waals surface area contributed by atoms with E-state index in [4.69, 9.17) is 16.3 Å². The largest absolute Gasteiger partial charge is 0.378 e. The van der Waals surface area contributed by atoms with Gasteiger partial charge in [-0.05, 0) is 19.3 Å². The van der Waals surface area contributed by atoms with E-state index in [1.165, 1.54) is 6.42 Å². The molecule has 0 saturated heterocycles. The maximum Gasteiger partial charge on any atom is 0.120 e. The molecule has 15 heavy (non-hydrogen) atoms. The van der Waals surface area contributed by atoms with Crippen LogP contribution in [0, 0.1) is 0 Å². The quantitative estimate of drug-likeness (QED) is 0.749. The summed E-state index contributed by atoms with van der Waals surface area (Å²) in [6, 6.07) is 0. The van der Waals surface area contributed by atoms with Crippen LogP contribution in [0.15, 0.2) is 0 Å². The van der Waals surface area contributed by atoms with Gasteiger partial charge in [0.25, 0.3) is 0 Å². The first-order valence-corrected chi connectivity index (χ1v) is 6.55. The molecule has 1 fully saturated rings. The second kappa shape index (κ2) is 4.76. The van der Waals surface area contributed by atoms with Crippen LogP contribution in [0.3, 0.4) is 0 Å². The molecule has 5 heteroatoms. The van der Waals surface area contributed by atoms with E-state index in [1.807, 2.05) is 0 Å². The number of methoxy groups -OCH3 is 1. The molecule has 1 heterocycles. The third kappa shape index (κ3) is 2.49. The Bertz CT molecular complexity index is 319. The van der Waals surface area contributed by atoms with Gasteiger partial charge in [0, 0.05) is 25.8 Å². The van der Waals surface area contributed by atoms with Crippen molar-refractivity contribution in [1.82, 2.24) is 10.2 Å². The van der Waals surface area contributed by atoms with Crippen molar-refractivity contribution in [2.24, 2.45) is 0 Å². The minimum atomic E-state index is 0.0533. The number of nitrogens with zero attached hydrogens (tertiary/aromatic N) is 2. The molecule has 0 unspecified atom stereocenters. The second-order valence-electron chi connectivity index (χ2n) is 3.95. The molecule has 0 bridgehead atoms. The summed E-state index contributed by atoms with van der Waals surface area (Å²) in [5.41, 5.74) is 0.0533. The molecule has 1 saturated carbocycles. The number of hydrogen-bond acceptors (Lipinski definition) is 4. The van der Waals surface area contributed by atoms with Gasteiger partial charge >= 0.3 is 0 Å². The number of hydrogen-bond donors (Lipinski definition) is 0. The van der Waals surface area contributed by atoms with Gasteiger partial charge in [-0.1, -0.05) is 0 Å². The minimum absolute atomic E-state index is 0.0533. The van der Waals surface area contributed by atoms with Crippen LogP contribution < -0.4 is 0 Å². The number of alkyl halides is 1. The van der Waals surface area contributed by atoms with E-state index in [2.05, 4.69) is 10.2 Å². The van der Waals surface area contributed by atoms with E-state index < -0.39 is 0 Å². The van der Waals surface area contributed by atoms with E-state index in [-0.39, 0.29) is 5.60 Å². The summed E-state index contributed by atoms with van der Waals surface area (Å²) in [7, 11) is 1.79. The van der Waals surface area contributed by atoms with E-state index in [9.17, 15) is 0 Å². The van der Waals surface area contributed by atoms with Crippen LogP contribution in [0.25, 0.3) is 0 Å². The zero-order chi connectivity index (χ0) is 10.7. The molecule has 0 aliphatic heterocycles. The highest BCUT2D eigenvalue weighted by atomic mass is 35.5. The number of halogens is 1. The standard InChI is InChI=1S/C10H15ClN2OS/c1-14-10(4-2-5-10)7-9-13-12-8(15-9)3-6-11/h2-7H2,1H3. The summed E-state index contributed by atoms with van der Waals surface area (Å²) in [6.07, 6.45) is 5.28. The molecule has 0 radical (unpaired) electrons. The van der Waals surface area contributed by atoms with Crippen LogP contribution >= 0.6 is 22.9 Å². The average Bonchev–Trinajstić information content (AvgIpc) is 2.60. The second-order valence-corrected chi connectivity index (χ2v) is 5.47. The normalized spacial score (nSPS) is 18.8. The Morgan fingerprint density at radius 2 is 2.13 bits per heavy atom. The molecular formula is C10H15ClN2OS. The fourth-order valence-electron chi connectivity index (χ4n) is 1.84. The monoisotopic (exact) mass is 246 g/mol. The Balaban J connectivity index is 1.97. The topological polar surface area (TPSA) is 35.0 Å². The van der Waals surface area contributed by atoms with Crippen LogP contribution in [0.5, 0.6) is 0 Å². The summed E-state index contributed by atoms with van der Waals surface area (Å²) in [6.45, 7) is 0. The van der Waals surface area contributed by atoms with Gasteiger partial charge in [0.1, 0.15) is 10.0 Å². The fraction of sp³-hybridized carbons (Fsp3) is 0.800. The molecule has 1 aliphatic carbocycles. The lowest BCUT2D eigenvalue weighted by Crippen LogP contribution is -2.41. The van der Waals surface area contributed by atoms with Crippen molar-refractivity contribution in [3.63, 3.8) is 0 Å². The molecule has 0 atom stereocenters. The molecule has 1 aromatic rings. The van der Waals surface area contributed by atoms with Crippen LogP contribution in [-0.4, -0.2) is 28.8 Å². The van der Waals surface area contributed by atoms with E-state index in [0.717, 1.165) is 35.7 Å². The number of aryl methyl sites for hydroxylation is 1. The van der Waals surface area contributed by atoms with Crippen LogP contribution in [0.4, 0.5) is 0 Å². The van der Waals surface area contributed by atoms with Crippen LogP contribution in [0.2, 0.25) is 0 Å². The van der Waals surface area contributed by atoms with Crippen molar-refractivity contribution in [3.05, 3.63) is 10.0 Å². The maximum atomic E-state index is 5.66. The molecule has 1 aromatic heterocycles. The Kier molecular flexibility index (Phi) is 3.59. The van der Waals surface area contributed by atoms with Crippen molar-refractivity contribution in [3.8, 4) is 0 Å². The molecule has 0 aromatic carbocycles. The van der Waals surface area contributed by atoms with Crippen LogP contribution in [-0.2, 0) is 17.6 Å². The van der Waals surface area contributed by atoms with Crippen molar-refractivity contribution in [2.75, 3.05) is 13.0 Å². The predicted octanol–water partition coefficient (Wildman–Crippen LogP) is 2.43. The van der Waals surface area contributed by atoms with Crippen molar-refractivity contribution < 1.29 is 4.74 Å². The number of aromatic nitrogens is 2. The molecule has 0 spiro atoms. The number of ether oxygens (including phenoxy) is 1. The molecule has 3 nitrogen and oxygen atoms in total. The van der Waals surface area contributed by atoms with Gasteiger partial charge in [-0.3, -0.25) is 0 Å². The van der Waals surface area contributed by atoms with Gasteiger partial charge < -0.3 is 4.74 Å². The molecular weight excluding hydrogens is 232 g/mol. The molecule has 2 rings (SSSR count). The van der Waals surface area contributed by atoms with Gasteiger partial charge in [0.15, 0.2) is 0 Å². The average molecular weight is 247 g/mol. The van der Waals surface area contributed by atoms with Gasteiger partial charge in [0.05, 0.1) is 5.60 Å². The van der Waals surface area contributed by atoms with Crippen molar-refractivity contribution in [2.45, 2.75) is 37.7 Å². The summed E-state index contributed by atoms with van der Waals surface area (Å²) in [5, 5.41) is 10.4. The number of rotatable bonds is 5. The summed E-state index contributed by atoms with van der Waals surface area (Å²) in [5.74, 6) is 0.615. The van der Waals surface area contributed by atoms with Gasteiger partial charge in [-0.2, -0.15) is 0 Å².